The van der Waals surface area contributed by atoms with Gasteiger partial charge in [-0.05, 0) is 56.4 Å². The van der Waals surface area contributed by atoms with Crippen molar-refractivity contribution in [1.29, 1.82) is 0 Å². The molecule has 11 heteroatoms. The van der Waals surface area contributed by atoms with Gasteiger partial charge in [-0.1, -0.05) is 26.9 Å². The van der Waals surface area contributed by atoms with Crippen LogP contribution in [0.2, 0.25) is 0 Å². The first kappa shape index (κ1) is 24.2. The number of furan rings is 1. The topological polar surface area (TPSA) is 65.7 Å². The molecule has 6 radical (unpaired) electrons. The number of carbonyl (C=O) groups excluding carboxylic acids is 2. The van der Waals surface area contributed by atoms with Gasteiger partial charge in [-0.2, -0.15) is 0 Å². The highest BCUT2D eigenvalue weighted by molar-refractivity contribution is 9.11. The number of hydrogen-bond donors (Lipinski definition) is 0. The number of alkyl halides is 1. The van der Waals surface area contributed by atoms with Gasteiger partial charge < -0.3 is 13.9 Å². The summed E-state index contributed by atoms with van der Waals surface area (Å²) in [6.07, 6.45) is 0. The summed E-state index contributed by atoms with van der Waals surface area (Å²) in [5.41, 5.74) is 0.604. The summed E-state index contributed by atoms with van der Waals surface area (Å²) in [4.78, 5) is 24.7. The van der Waals surface area contributed by atoms with E-state index in [1.165, 1.54) is 14.0 Å². The number of halogens is 3. The summed E-state index contributed by atoms with van der Waals surface area (Å²) in [5, 5.41) is 0.250. The summed E-state index contributed by atoms with van der Waals surface area (Å²) in [6.45, 7) is 3.00. The van der Waals surface area contributed by atoms with Gasteiger partial charge >= 0.3 is 5.97 Å². The van der Waals surface area contributed by atoms with E-state index in [0.29, 0.717) is 26.0 Å². The lowest BCUT2D eigenvalue weighted by Gasteiger charge is -2.15. The van der Waals surface area contributed by atoms with Gasteiger partial charge in [0, 0.05) is 17.9 Å². The third-order valence-corrected chi connectivity index (χ3v) is 6.12. The maximum atomic E-state index is 13.6. The van der Waals surface area contributed by atoms with Gasteiger partial charge in [-0.15, -0.1) is 0 Å². The Bertz CT molecular complexity index is 1210. The van der Waals surface area contributed by atoms with Crippen molar-refractivity contribution in [1.82, 2.24) is 0 Å². The predicted octanol–water partition coefficient (Wildman–Crippen LogP) is 2.96. The fourth-order valence-corrected chi connectivity index (χ4v) is 5.02. The monoisotopic (exact) mass is 602 g/mol. The molecule has 0 spiro atoms. The number of hydrogen-bond acceptors (Lipinski definition) is 5. The van der Waals surface area contributed by atoms with E-state index in [9.17, 15) is 9.59 Å². The first-order valence-corrected chi connectivity index (χ1v) is 11.3. The average Bonchev–Trinajstić information content (AvgIpc) is 3.09. The number of carbonyl (C=O) groups is 2. The smallest absolute Gasteiger partial charge is 0.307 e. The van der Waals surface area contributed by atoms with Crippen LogP contribution in [0.1, 0.15) is 40.4 Å². The van der Waals surface area contributed by atoms with E-state index in [2.05, 4.69) is 47.8 Å². The number of esters is 1. The molecule has 1 atom stereocenters. The van der Waals surface area contributed by atoms with Crippen LogP contribution >= 0.6 is 47.8 Å². The minimum absolute atomic E-state index is 0.0255. The van der Waals surface area contributed by atoms with Crippen molar-refractivity contribution in [3.8, 4) is 11.5 Å². The fraction of sp³-hybridized carbons (Fsp3) is 0.200. The van der Waals surface area contributed by atoms with Crippen molar-refractivity contribution in [3.05, 3.63) is 38.0 Å². The molecule has 0 aliphatic rings. The SMILES string of the molecule is [B]c1c(OC(C)=O)c([B])c2oc(C(C)Br)c(C(=O)c3cc(Br)c(OC)c(Br)c3)c2c1[B]. The van der Waals surface area contributed by atoms with Crippen LogP contribution in [0.4, 0.5) is 0 Å². The van der Waals surface area contributed by atoms with E-state index in [0.717, 1.165) is 0 Å². The molecule has 0 saturated carbocycles. The molecular weight excluding hydrogens is 592 g/mol. The molecule has 2 aromatic carbocycles. The van der Waals surface area contributed by atoms with Crippen LogP contribution in [0, 0.1) is 0 Å². The molecule has 3 rings (SSSR count). The average molecular weight is 604 g/mol. The molecule has 0 saturated heterocycles. The van der Waals surface area contributed by atoms with E-state index in [1.807, 2.05) is 0 Å². The van der Waals surface area contributed by atoms with Crippen LogP contribution in [-0.4, -0.2) is 42.4 Å². The van der Waals surface area contributed by atoms with Crippen molar-refractivity contribution >= 4 is 110 Å². The first-order valence-electron chi connectivity index (χ1n) is 8.82. The Kier molecular flexibility index (Phi) is 7.18. The summed E-state index contributed by atoms with van der Waals surface area (Å²) in [7, 11) is 20.1. The van der Waals surface area contributed by atoms with Crippen LogP contribution in [-0.2, 0) is 4.79 Å². The summed E-state index contributed by atoms with van der Waals surface area (Å²) in [5.74, 6) is -0.242. The van der Waals surface area contributed by atoms with Crippen molar-refractivity contribution in [3.63, 3.8) is 0 Å². The number of methoxy groups -OCH3 is 1. The molecule has 1 aromatic heterocycles. The van der Waals surface area contributed by atoms with Crippen LogP contribution in [0.25, 0.3) is 11.0 Å². The van der Waals surface area contributed by atoms with E-state index < -0.39 is 5.97 Å². The second-order valence-electron chi connectivity index (χ2n) is 6.63. The molecule has 0 N–H and O–H groups in total. The molecule has 31 heavy (non-hydrogen) atoms. The molecule has 0 bridgehead atoms. The van der Waals surface area contributed by atoms with Gasteiger partial charge in [0.1, 0.15) is 46.4 Å². The second kappa shape index (κ2) is 9.20. The van der Waals surface area contributed by atoms with Crippen LogP contribution in [0.5, 0.6) is 11.5 Å². The minimum Gasteiger partial charge on any atom is -0.494 e. The summed E-state index contributed by atoms with van der Waals surface area (Å²) < 4.78 is 17.5. The Morgan fingerprint density at radius 1 is 1.03 bits per heavy atom. The number of ketones is 1. The first-order chi connectivity index (χ1) is 14.5. The number of fused-ring (bicyclic) bond motifs is 1. The highest BCUT2D eigenvalue weighted by Crippen LogP contribution is 2.38. The van der Waals surface area contributed by atoms with Crippen LogP contribution in [0.15, 0.2) is 25.5 Å². The number of rotatable bonds is 5. The maximum absolute atomic E-state index is 13.6. The quantitative estimate of drug-likeness (QED) is 0.147. The second-order valence-corrected chi connectivity index (χ2v) is 9.71. The van der Waals surface area contributed by atoms with Gasteiger partial charge in [0.15, 0.2) is 5.78 Å². The van der Waals surface area contributed by atoms with Gasteiger partial charge in [0.05, 0.1) is 26.4 Å². The molecule has 152 valence electrons. The maximum Gasteiger partial charge on any atom is 0.307 e. The molecule has 5 nitrogen and oxygen atoms in total. The summed E-state index contributed by atoms with van der Waals surface area (Å²) in [6, 6.07) is 3.26. The van der Waals surface area contributed by atoms with E-state index in [4.69, 9.17) is 37.4 Å². The lowest BCUT2D eigenvalue weighted by molar-refractivity contribution is -0.131. The van der Waals surface area contributed by atoms with Crippen molar-refractivity contribution in [2.75, 3.05) is 7.11 Å². The molecule has 0 aliphatic heterocycles. The van der Waals surface area contributed by atoms with Gasteiger partial charge in [-0.3, -0.25) is 9.59 Å². The Morgan fingerprint density at radius 2 is 1.61 bits per heavy atom. The third kappa shape index (κ3) is 4.28. The molecule has 3 aromatic rings. The lowest BCUT2D eigenvalue weighted by Crippen LogP contribution is -2.35. The fourth-order valence-electron chi connectivity index (χ4n) is 3.19. The molecule has 0 fully saturated rings. The Balaban J connectivity index is 2.35. The normalized spacial score (nSPS) is 12.1. The highest BCUT2D eigenvalue weighted by atomic mass is 79.9. The molecule has 1 heterocycles. The predicted molar refractivity (Wildman–Crippen MR) is 133 cm³/mol. The Morgan fingerprint density at radius 3 is 2.10 bits per heavy atom. The number of benzene rings is 2. The van der Waals surface area contributed by atoms with Gasteiger partial charge in [0.2, 0.25) is 0 Å². The molecule has 1 unspecified atom stereocenters. The van der Waals surface area contributed by atoms with Gasteiger partial charge in [-0.25, -0.2) is 0 Å². The van der Waals surface area contributed by atoms with Crippen LogP contribution < -0.4 is 25.9 Å². The van der Waals surface area contributed by atoms with E-state index in [-0.39, 0.29) is 49.3 Å². The van der Waals surface area contributed by atoms with Crippen molar-refractivity contribution in [2.24, 2.45) is 0 Å². The zero-order valence-corrected chi connectivity index (χ0v) is 21.4. The minimum atomic E-state index is -0.623. The van der Waals surface area contributed by atoms with E-state index >= 15 is 0 Å². The summed E-state index contributed by atoms with van der Waals surface area (Å²) >= 11 is 10.3. The standard InChI is InChI=1S/C20H12B3Br3O5/c1-6(24)17-12(16(28)8-4-9(25)18(29-3)10(26)5-8)11-13(21)14(22)20(30-7(2)27)15(23)19(11)31-17/h4-6H,1-3H3. The van der Waals surface area contributed by atoms with E-state index in [1.54, 1.807) is 19.1 Å². The van der Waals surface area contributed by atoms with Gasteiger partial charge in [0.25, 0.3) is 0 Å². The van der Waals surface area contributed by atoms with Crippen molar-refractivity contribution < 1.29 is 23.5 Å². The Labute approximate surface area is 208 Å². The largest absolute Gasteiger partial charge is 0.494 e. The molecule has 0 amide bonds. The molecule has 0 aliphatic carbocycles. The highest BCUT2D eigenvalue weighted by Gasteiger charge is 2.29. The third-order valence-electron chi connectivity index (χ3n) is 4.53. The van der Waals surface area contributed by atoms with Crippen molar-refractivity contribution in [2.45, 2.75) is 18.7 Å². The lowest BCUT2D eigenvalue weighted by atomic mass is 9.72. The number of ether oxygens (including phenoxy) is 2. The Hall–Kier alpha value is -1.45. The van der Waals surface area contributed by atoms with Crippen LogP contribution in [0.3, 0.4) is 0 Å². The zero-order chi connectivity index (χ0) is 23.2. The zero-order valence-electron chi connectivity index (χ0n) is 16.6. The molecular formula is C20H12B3Br3O5.